The summed E-state index contributed by atoms with van der Waals surface area (Å²) in [4.78, 5) is 9.90. The number of aromatic nitrogens is 1. The number of halogens is 5. The van der Waals surface area contributed by atoms with Crippen molar-refractivity contribution >= 4 is 25.6 Å². The molecule has 0 unspecified atom stereocenters. The van der Waals surface area contributed by atoms with Gasteiger partial charge in [-0.3, -0.25) is 0 Å². The maximum Gasteiger partial charge on any atom is 0.575 e. The predicted octanol–water partition coefficient (Wildman–Crippen LogP) is 1.95. The highest BCUT2D eigenvalue weighted by Crippen LogP contribution is 2.33. The summed E-state index contributed by atoms with van der Waals surface area (Å²) in [6, 6.07) is -0.0887. The van der Waals surface area contributed by atoms with Gasteiger partial charge in [0.25, 0.3) is 9.05 Å². The first-order valence-corrected chi connectivity index (χ1v) is 6.28. The number of nitrogens with zero attached hydrogens (tertiary/aromatic N) is 2. The van der Waals surface area contributed by atoms with Gasteiger partial charge in [0.15, 0.2) is 4.90 Å². The van der Waals surface area contributed by atoms with Crippen LogP contribution in [0.1, 0.15) is 0 Å². The third kappa shape index (κ3) is 3.89. The van der Waals surface area contributed by atoms with Gasteiger partial charge < -0.3 is 14.9 Å². The van der Waals surface area contributed by atoms with Gasteiger partial charge in [0.05, 0.1) is 0 Å². The molecule has 0 aliphatic carbocycles. The summed E-state index contributed by atoms with van der Waals surface area (Å²) in [7, 11) is -0.104. The standard InChI is InChI=1S/C6HClF4N2O5S/c7-19(16,17)3-1-2(8)4(13(14)15)12-5(3)18-6(9,10)11/h1H. The lowest BCUT2D eigenvalue weighted by Crippen LogP contribution is -2.20. The highest BCUT2D eigenvalue weighted by atomic mass is 35.7. The Morgan fingerprint density at radius 2 is 1.95 bits per heavy atom. The molecular weight excluding hydrogens is 324 g/mol. The molecule has 7 nitrogen and oxygen atoms in total. The molecule has 106 valence electrons. The molecule has 0 saturated carbocycles. The lowest BCUT2D eigenvalue weighted by atomic mass is 10.4. The van der Waals surface area contributed by atoms with Crippen molar-refractivity contribution in [1.29, 1.82) is 0 Å². The molecule has 0 N–H and O–H groups in total. The second kappa shape index (κ2) is 4.77. The number of nitro groups is 1. The average molecular weight is 325 g/mol. The van der Waals surface area contributed by atoms with Crippen molar-refractivity contribution in [2.24, 2.45) is 0 Å². The van der Waals surface area contributed by atoms with Gasteiger partial charge in [-0.25, -0.2) is 8.42 Å². The van der Waals surface area contributed by atoms with Crippen LogP contribution in [0.4, 0.5) is 23.4 Å². The largest absolute Gasteiger partial charge is 0.575 e. The van der Waals surface area contributed by atoms with Crippen molar-refractivity contribution in [2.75, 3.05) is 0 Å². The monoisotopic (exact) mass is 324 g/mol. The third-order valence-electron chi connectivity index (χ3n) is 1.54. The molecule has 0 aromatic carbocycles. The van der Waals surface area contributed by atoms with E-state index in [4.69, 9.17) is 10.7 Å². The Kier molecular flexibility index (Phi) is 3.86. The van der Waals surface area contributed by atoms with Crippen molar-refractivity contribution in [1.82, 2.24) is 4.98 Å². The molecule has 1 aromatic heterocycles. The molecule has 0 amide bonds. The first-order valence-electron chi connectivity index (χ1n) is 3.97. The zero-order valence-corrected chi connectivity index (χ0v) is 9.88. The molecular formula is C6HClF4N2O5S. The molecule has 1 rings (SSSR count). The van der Waals surface area contributed by atoms with Crippen molar-refractivity contribution in [2.45, 2.75) is 11.3 Å². The van der Waals surface area contributed by atoms with Crippen LogP contribution in [0.3, 0.4) is 0 Å². The maximum atomic E-state index is 13.1. The Hall–Kier alpha value is -1.69. The molecule has 0 atom stereocenters. The quantitative estimate of drug-likeness (QED) is 0.365. The van der Waals surface area contributed by atoms with E-state index in [-0.39, 0.29) is 6.07 Å². The van der Waals surface area contributed by atoms with Crippen LogP contribution in [0, 0.1) is 15.9 Å². The fourth-order valence-electron chi connectivity index (χ4n) is 0.932. The second-order valence-electron chi connectivity index (χ2n) is 2.84. The van der Waals surface area contributed by atoms with E-state index in [1.165, 1.54) is 0 Å². The molecule has 0 saturated heterocycles. The predicted molar refractivity (Wildman–Crippen MR) is 50.6 cm³/mol. The lowest BCUT2D eigenvalue weighted by Gasteiger charge is -2.07. The number of hydrogen-bond donors (Lipinski definition) is 0. The van der Waals surface area contributed by atoms with Crippen molar-refractivity contribution in [3.05, 3.63) is 22.0 Å². The zero-order chi connectivity index (χ0) is 15.0. The minimum absolute atomic E-state index is 0.0887. The van der Waals surface area contributed by atoms with Gasteiger partial charge in [0.1, 0.15) is 0 Å². The van der Waals surface area contributed by atoms with E-state index in [0.29, 0.717) is 0 Å². The third-order valence-corrected chi connectivity index (χ3v) is 2.85. The van der Waals surface area contributed by atoms with Gasteiger partial charge in [-0.1, -0.05) is 0 Å². The first-order chi connectivity index (χ1) is 8.42. The van der Waals surface area contributed by atoms with Crippen LogP contribution in [-0.4, -0.2) is 24.7 Å². The minimum Gasteiger partial charge on any atom is -0.365 e. The minimum atomic E-state index is -5.39. The Morgan fingerprint density at radius 3 is 2.32 bits per heavy atom. The van der Waals surface area contributed by atoms with E-state index >= 15 is 0 Å². The normalized spacial score (nSPS) is 12.3. The molecule has 1 heterocycles. The van der Waals surface area contributed by atoms with Crippen LogP contribution in [0.15, 0.2) is 11.0 Å². The van der Waals surface area contributed by atoms with E-state index < -0.39 is 42.7 Å². The van der Waals surface area contributed by atoms with Crippen molar-refractivity contribution < 1.29 is 35.6 Å². The molecule has 0 aliphatic heterocycles. The van der Waals surface area contributed by atoms with E-state index in [9.17, 15) is 36.1 Å². The lowest BCUT2D eigenvalue weighted by molar-refractivity contribution is -0.392. The number of pyridine rings is 1. The van der Waals surface area contributed by atoms with Crippen LogP contribution >= 0.6 is 10.7 Å². The molecule has 0 bridgehead atoms. The van der Waals surface area contributed by atoms with E-state index in [2.05, 4.69) is 9.72 Å². The second-order valence-corrected chi connectivity index (χ2v) is 5.37. The van der Waals surface area contributed by atoms with Crippen LogP contribution in [0.2, 0.25) is 0 Å². The molecule has 0 radical (unpaired) electrons. The van der Waals surface area contributed by atoms with Crippen LogP contribution in [0.25, 0.3) is 0 Å². The number of hydrogen-bond acceptors (Lipinski definition) is 6. The Morgan fingerprint density at radius 1 is 1.42 bits per heavy atom. The zero-order valence-electron chi connectivity index (χ0n) is 8.31. The molecule has 13 heteroatoms. The Bertz CT molecular complexity index is 631. The Balaban J connectivity index is 3.56. The summed E-state index contributed by atoms with van der Waals surface area (Å²) in [5.74, 6) is -5.15. The van der Waals surface area contributed by atoms with Gasteiger partial charge in [-0.2, -0.15) is 4.39 Å². The van der Waals surface area contributed by atoms with Crippen molar-refractivity contribution in [3.63, 3.8) is 0 Å². The number of rotatable bonds is 3. The van der Waals surface area contributed by atoms with Gasteiger partial charge in [0, 0.05) is 21.7 Å². The summed E-state index contributed by atoms with van der Waals surface area (Å²) < 4.78 is 74.0. The van der Waals surface area contributed by atoms with Gasteiger partial charge in [-0.05, 0) is 4.92 Å². The molecule has 0 aliphatic rings. The molecule has 1 aromatic rings. The highest BCUT2D eigenvalue weighted by Gasteiger charge is 2.39. The molecule has 19 heavy (non-hydrogen) atoms. The summed E-state index contributed by atoms with van der Waals surface area (Å²) in [6.45, 7) is 0. The van der Waals surface area contributed by atoms with Crippen LogP contribution in [-0.2, 0) is 9.05 Å². The van der Waals surface area contributed by atoms with E-state index in [1.807, 2.05) is 0 Å². The fourth-order valence-corrected chi connectivity index (χ4v) is 1.80. The van der Waals surface area contributed by atoms with E-state index in [0.717, 1.165) is 0 Å². The molecule has 0 spiro atoms. The SMILES string of the molecule is O=[N+]([O-])c1nc(OC(F)(F)F)c(S(=O)(=O)Cl)cc1F. The summed E-state index contributed by atoms with van der Waals surface area (Å²) in [5, 5.41) is 10.3. The fraction of sp³-hybridized carbons (Fsp3) is 0.167. The number of alkyl halides is 3. The van der Waals surface area contributed by atoms with Gasteiger partial charge in [0.2, 0.25) is 5.82 Å². The summed E-state index contributed by atoms with van der Waals surface area (Å²) in [5.41, 5.74) is 0. The van der Waals surface area contributed by atoms with Gasteiger partial charge in [-0.15, -0.1) is 13.2 Å². The average Bonchev–Trinajstić information content (AvgIpc) is 2.15. The number of ether oxygens (including phenoxy) is 1. The topological polar surface area (TPSA) is 99.4 Å². The maximum absolute atomic E-state index is 13.1. The Labute approximate surface area is 106 Å². The summed E-state index contributed by atoms with van der Waals surface area (Å²) >= 11 is 0. The highest BCUT2D eigenvalue weighted by molar-refractivity contribution is 8.13. The molecule has 0 fully saturated rings. The van der Waals surface area contributed by atoms with Crippen LogP contribution in [0.5, 0.6) is 5.88 Å². The van der Waals surface area contributed by atoms with Gasteiger partial charge >= 0.3 is 18.1 Å². The van der Waals surface area contributed by atoms with Crippen LogP contribution < -0.4 is 4.74 Å². The smallest absolute Gasteiger partial charge is 0.365 e. The first kappa shape index (κ1) is 15.4. The summed E-state index contributed by atoms with van der Waals surface area (Å²) in [6.07, 6.45) is -5.39. The van der Waals surface area contributed by atoms with E-state index in [1.54, 1.807) is 0 Å². The van der Waals surface area contributed by atoms with Crippen molar-refractivity contribution in [3.8, 4) is 5.88 Å².